The van der Waals surface area contributed by atoms with Gasteiger partial charge in [0.15, 0.2) is 5.75 Å². The van der Waals surface area contributed by atoms with Crippen LogP contribution in [0.2, 0.25) is 0 Å². The first-order chi connectivity index (χ1) is 13.1. The van der Waals surface area contributed by atoms with Gasteiger partial charge in [0, 0.05) is 12.1 Å². The van der Waals surface area contributed by atoms with E-state index in [9.17, 15) is 4.39 Å². The molecule has 0 bridgehead atoms. The van der Waals surface area contributed by atoms with E-state index in [0.717, 1.165) is 27.9 Å². The number of halogens is 1. The summed E-state index contributed by atoms with van der Waals surface area (Å²) in [6, 6.07) is 13.7. The van der Waals surface area contributed by atoms with Gasteiger partial charge in [-0.1, -0.05) is 35.5 Å². The van der Waals surface area contributed by atoms with Gasteiger partial charge in [0.05, 0.1) is 23.9 Å². The normalized spacial score (nSPS) is 11.3. The molecular formula is C21H20FN3O2. The fourth-order valence-corrected chi connectivity index (χ4v) is 3.55. The summed E-state index contributed by atoms with van der Waals surface area (Å²) in [5.74, 6) is 1.73. The maximum atomic E-state index is 13.7. The zero-order chi connectivity index (χ0) is 19.0. The third-order valence-corrected chi connectivity index (χ3v) is 4.75. The Balaban J connectivity index is 1.98. The Labute approximate surface area is 156 Å². The lowest BCUT2D eigenvalue weighted by molar-refractivity contribution is 0.393. The highest BCUT2D eigenvalue weighted by Crippen LogP contribution is 2.40. The van der Waals surface area contributed by atoms with Gasteiger partial charge < -0.3 is 13.8 Å². The minimum atomic E-state index is -0.647. The van der Waals surface area contributed by atoms with E-state index >= 15 is 0 Å². The molecule has 138 valence electrons. The quantitative estimate of drug-likeness (QED) is 0.508. The highest BCUT2D eigenvalue weighted by atomic mass is 19.1. The number of aromatic nitrogens is 3. The zero-order valence-electron chi connectivity index (χ0n) is 15.5. The number of hydrogen-bond acceptors (Lipinski definition) is 4. The monoisotopic (exact) mass is 365 g/mol. The molecule has 2 heterocycles. The molecule has 27 heavy (non-hydrogen) atoms. The molecule has 0 aliphatic rings. The first kappa shape index (κ1) is 17.3. The molecule has 0 aliphatic heterocycles. The number of methoxy groups -OCH3 is 1. The molecule has 0 N–H and O–H groups in total. The van der Waals surface area contributed by atoms with Crippen molar-refractivity contribution in [2.45, 2.75) is 27.1 Å². The average Bonchev–Trinajstić information content (AvgIpc) is 3.21. The molecule has 0 saturated heterocycles. The topological polar surface area (TPSA) is 53.1 Å². The second-order valence-electron chi connectivity index (χ2n) is 6.45. The van der Waals surface area contributed by atoms with E-state index < -0.39 is 6.67 Å². The second kappa shape index (κ2) is 6.87. The Hall–Kier alpha value is -3.15. The van der Waals surface area contributed by atoms with Gasteiger partial charge in [0.1, 0.15) is 23.8 Å². The number of rotatable bonds is 5. The van der Waals surface area contributed by atoms with Crippen LogP contribution in [0.1, 0.15) is 22.8 Å². The molecule has 0 aliphatic carbocycles. The van der Waals surface area contributed by atoms with E-state index in [4.69, 9.17) is 9.26 Å². The maximum absolute atomic E-state index is 13.7. The van der Waals surface area contributed by atoms with Crippen LogP contribution in [-0.4, -0.2) is 21.8 Å². The molecule has 4 aromatic rings. The van der Waals surface area contributed by atoms with Crippen LogP contribution in [0.3, 0.4) is 0 Å². The van der Waals surface area contributed by atoms with Crippen LogP contribution in [0, 0.1) is 13.8 Å². The van der Waals surface area contributed by atoms with E-state index in [2.05, 4.69) is 10.1 Å². The highest BCUT2D eigenvalue weighted by Gasteiger charge is 2.22. The fourth-order valence-electron chi connectivity index (χ4n) is 3.55. The van der Waals surface area contributed by atoms with Crippen LogP contribution < -0.4 is 4.74 Å². The standard InChI is InChI=1S/C21H20FN3O2/c1-13-19(14(2)27-24-13)16-9-10-17-20(21(16)26-3)25(18(11-22)23-17)12-15-7-5-4-6-8-15/h4-10H,11-12H2,1-3H3. The first-order valence-corrected chi connectivity index (χ1v) is 8.73. The van der Waals surface area contributed by atoms with Gasteiger partial charge in [-0.15, -0.1) is 0 Å². The minimum absolute atomic E-state index is 0.378. The molecule has 0 spiro atoms. The summed E-state index contributed by atoms with van der Waals surface area (Å²) >= 11 is 0. The van der Waals surface area contributed by atoms with Crippen LogP contribution in [0.5, 0.6) is 5.75 Å². The van der Waals surface area contributed by atoms with E-state index in [1.807, 2.05) is 60.9 Å². The Kier molecular flexibility index (Phi) is 4.39. The number of alkyl halides is 1. The predicted molar refractivity (Wildman–Crippen MR) is 102 cm³/mol. The molecule has 0 unspecified atom stereocenters. The van der Waals surface area contributed by atoms with E-state index in [0.29, 0.717) is 29.4 Å². The fraction of sp³-hybridized carbons (Fsp3) is 0.238. The van der Waals surface area contributed by atoms with Crippen molar-refractivity contribution in [1.29, 1.82) is 0 Å². The Morgan fingerprint density at radius 2 is 1.89 bits per heavy atom. The molecule has 0 saturated carbocycles. The van der Waals surface area contributed by atoms with Crippen molar-refractivity contribution < 1.29 is 13.7 Å². The number of ether oxygens (including phenoxy) is 1. The summed E-state index contributed by atoms with van der Waals surface area (Å²) in [5, 5.41) is 4.05. The van der Waals surface area contributed by atoms with Gasteiger partial charge in [-0.05, 0) is 31.5 Å². The highest BCUT2D eigenvalue weighted by molar-refractivity contribution is 5.92. The third-order valence-electron chi connectivity index (χ3n) is 4.75. The van der Waals surface area contributed by atoms with Crippen molar-refractivity contribution >= 4 is 11.0 Å². The van der Waals surface area contributed by atoms with Crippen molar-refractivity contribution in [3.63, 3.8) is 0 Å². The van der Waals surface area contributed by atoms with Gasteiger partial charge in [0.25, 0.3) is 0 Å². The molecule has 6 heteroatoms. The lowest BCUT2D eigenvalue weighted by Gasteiger charge is -2.13. The van der Waals surface area contributed by atoms with Crippen LogP contribution in [0.15, 0.2) is 47.0 Å². The Morgan fingerprint density at radius 3 is 2.52 bits per heavy atom. The number of hydrogen-bond donors (Lipinski definition) is 0. The van der Waals surface area contributed by atoms with Crippen molar-refractivity contribution in [3.05, 3.63) is 65.3 Å². The SMILES string of the molecule is COc1c(-c2c(C)noc2C)ccc2nc(CF)n(Cc3ccccc3)c12. The van der Waals surface area contributed by atoms with Gasteiger partial charge in [-0.25, -0.2) is 9.37 Å². The average molecular weight is 365 g/mol. The summed E-state index contributed by atoms with van der Waals surface area (Å²) in [6.07, 6.45) is 0. The molecule has 4 rings (SSSR count). The largest absolute Gasteiger partial charge is 0.494 e. The first-order valence-electron chi connectivity index (χ1n) is 8.73. The Bertz CT molecular complexity index is 1080. The molecule has 0 fully saturated rings. The molecule has 0 atom stereocenters. The van der Waals surface area contributed by atoms with Crippen molar-refractivity contribution in [1.82, 2.24) is 14.7 Å². The number of nitrogens with zero attached hydrogens (tertiary/aromatic N) is 3. The van der Waals surface area contributed by atoms with E-state index in [-0.39, 0.29) is 0 Å². The molecule has 0 amide bonds. The number of fused-ring (bicyclic) bond motifs is 1. The molecule has 5 nitrogen and oxygen atoms in total. The van der Waals surface area contributed by atoms with Crippen LogP contribution in [0.4, 0.5) is 4.39 Å². The van der Waals surface area contributed by atoms with Crippen LogP contribution in [0.25, 0.3) is 22.2 Å². The summed E-state index contributed by atoms with van der Waals surface area (Å²) in [6.45, 7) is 3.63. The summed E-state index contributed by atoms with van der Waals surface area (Å²) in [4.78, 5) is 4.47. The lowest BCUT2D eigenvalue weighted by atomic mass is 10.0. The van der Waals surface area contributed by atoms with E-state index in [1.165, 1.54) is 0 Å². The summed E-state index contributed by atoms with van der Waals surface area (Å²) in [7, 11) is 1.62. The van der Waals surface area contributed by atoms with E-state index in [1.54, 1.807) is 7.11 Å². The maximum Gasteiger partial charge on any atom is 0.152 e. The zero-order valence-corrected chi connectivity index (χ0v) is 15.5. The number of imidazole rings is 1. The van der Waals surface area contributed by atoms with Gasteiger partial charge in [-0.3, -0.25) is 0 Å². The van der Waals surface area contributed by atoms with Crippen LogP contribution in [-0.2, 0) is 13.2 Å². The predicted octanol–water partition coefficient (Wildman–Crippen LogP) is 4.83. The van der Waals surface area contributed by atoms with Crippen LogP contribution >= 0.6 is 0 Å². The van der Waals surface area contributed by atoms with Gasteiger partial charge >= 0.3 is 0 Å². The van der Waals surface area contributed by atoms with Crippen molar-refractivity contribution in [2.75, 3.05) is 7.11 Å². The molecule has 2 aromatic carbocycles. The Morgan fingerprint density at radius 1 is 1.11 bits per heavy atom. The van der Waals surface area contributed by atoms with Gasteiger partial charge in [-0.2, -0.15) is 0 Å². The smallest absolute Gasteiger partial charge is 0.152 e. The number of aryl methyl sites for hydroxylation is 2. The summed E-state index contributed by atoms with van der Waals surface area (Å²) < 4.78 is 26.7. The van der Waals surface area contributed by atoms with Gasteiger partial charge in [0.2, 0.25) is 0 Å². The van der Waals surface area contributed by atoms with Crippen molar-refractivity contribution in [2.24, 2.45) is 0 Å². The van der Waals surface area contributed by atoms with Crippen molar-refractivity contribution in [3.8, 4) is 16.9 Å². The third kappa shape index (κ3) is 2.87. The number of benzene rings is 2. The minimum Gasteiger partial charge on any atom is -0.494 e. The second-order valence-corrected chi connectivity index (χ2v) is 6.45. The summed E-state index contributed by atoms with van der Waals surface area (Å²) in [5.41, 5.74) is 5.07. The lowest BCUT2D eigenvalue weighted by Crippen LogP contribution is -2.05. The molecule has 2 aromatic heterocycles. The molecule has 0 radical (unpaired) electrons. The molecular weight excluding hydrogens is 345 g/mol.